The van der Waals surface area contributed by atoms with Gasteiger partial charge in [-0.15, -0.1) is 0 Å². The van der Waals surface area contributed by atoms with Crippen LogP contribution >= 0.6 is 15.9 Å². The number of urea groups is 1. The summed E-state index contributed by atoms with van der Waals surface area (Å²) in [5.74, 6) is -0.272. The molecule has 0 aromatic carbocycles. The Bertz CT molecular complexity index is 383. The molecule has 3 amide bonds. The normalized spacial score (nSPS) is 12.1. The zero-order chi connectivity index (χ0) is 11.6. The van der Waals surface area contributed by atoms with E-state index in [0.29, 0.717) is 4.47 Å². The molecule has 8 heteroatoms. The van der Waals surface area contributed by atoms with Gasteiger partial charge in [-0.05, 0) is 22.9 Å². The molecule has 0 bridgehead atoms. The van der Waals surface area contributed by atoms with Crippen molar-refractivity contribution in [2.45, 2.75) is 13.0 Å². The summed E-state index contributed by atoms with van der Waals surface area (Å²) in [6.07, 6.45) is 1.54. The Morgan fingerprint density at radius 2 is 2.27 bits per heavy atom. The predicted molar refractivity (Wildman–Crippen MR) is 56.8 cm³/mol. The lowest BCUT2D eigenvalue weighted by Crippen LogP contribution is -2.39. The van der Waals surface area contributed by atoms with E-state index in [9.17, 15) is 9.59 Å². The van der Waals surface area contributed by atoms with E-state index in [1.54, 1.807) is 13.1 Å². The maximum atomic E-state index is 11.3. The van der Waals surface area contributed by atoms with E-state index in [2.05, 4.69) is 21.0 Å². The number of nitrogens with two attached hydrogens (primary N) is 2. The molecule has 82 valence electrons. The zero-order valence-electron chi connectivity index (χ0n) is 7.90. The number of nitrogens with zero attached hydrogens (tertiary/aromatic N) is 2. The summed E-state index contributed by atoms with van der Waals surface area (Å²) >= 11 is 3.15. The lowest BCUT2D eigenvalue weighted by Gasteiger charge is -2.09. The molecular weight excluding hydrogens is 266 g/mol. The second kappa shape index (κ2) is 4.30. The molecule has 0 fully saturated rings. The molecule has 1 rings (SSSR count). The summed E-state index contributed by atoms with van der Waals surface area (Å²) in [7, 11) is 0. The average molecular weight is 276 g/mol. The number of amides is 3. The molecule has 0 radical (unpaired) electrons. The number of aromatic nitrogens is 2. The molecule has 0 saturated heterocycles. The summed E-state index contributed by atoms with van der Waals surface area (Å²) in [5, 5.41) is 5.83. The van der Waals surface area contributed by atoms with Gasteiger partial charge in [0.25, 0.3) is 5.91 Å². The predicted octanol–water partition coefficient (Wildman–Crippen LogP) is -0.0163. The van der Waals surface area contributed by atoms with E-state index in [4.69, 9.17) is 11.5 Å². The zero-order valence-corrected chi connectivity index (χ0v) is 9.48. The van der Waals surface area contributed by atoms with Gasteiger partial charge in [0, 0.05) is 6.20 Å². The number of halogens is 1. The third kappa shape index (κ3) is 2.69. The Morgan fingerprint density at radius 3 is 2.67 bits per heavy atom. The number of imide groups is 1. The lowest BCUT2D eigenvalue weighted by atomic mass is 10.3. The molecule has 5 N–H and O–H groups in total. The number of hydrogen-bond acceptors (Lipinski definition) is 4. The fraction of sp³-hybridized carbons (Fsp3) is 0.286. The quantitative estimate of drug-likeness (QED) is 0.704. The van der Waals surface area contributed by atoms with Crippen molar-refractivity contribution >= 4 is 33.7 Å². The second-order valence-corrected chi connectivity index (χ2v) is 3.73. The standard InChI is InChI=1S/C7H10BrN5O2/c1-3(6(14)11-7(10)15)13-2-4(8)5(9)12-13/h2-3H,1H3,(H2,9,12)(H3,10,11,14,15). The maximum absolute atomic E-state index is 11.3. The Labute approximate surface area is 93.9 Å². The third-order valence-electron chi connectivity index (χ3n) is 1.74. The van der Waals surface area contributed by atoms with Gasteiger partial charge in [-0.2, -0.15) is 5.10 Å². The minimum absolute atomic E-state index is 0.272. The molecule has 1 aromatic heterocycles. The molecule has 1 aromatic rings. The summed E-state index contributed by atoms with van der Waals surface area (Å²) in [6, 6.07) is -1.56. The highest BCUT2D eigenvalue weighted by molar-refractivity contribution is 9.10. The first-order valence-electron chi connectivity index (χ1n) is 4.02. The van der Waals surface area contributed by atoms with Gasteiger partial charge in [-0.3, -0.25) is 14.8 Å². The highest BCUT2D eigenvalue weighted by Crippen LogP contribution is 2.19. The van der Waals surface area contributed by atoms with Crippen LogP contribution in [0.4, 0.5) is 10.6 Å². The first kappa shape index (κ1) is 11.5. The fourth-order valence-corrected chi connectivity index (χ4v) is 1.22. The molecule has 0 aliphatic rings. The van der Waals surface area contributed by atoms with Crippen LogP contribution in [0.25, 0.3) is 0 Å². The summed E-state index contributed by atoms with van der Waals surface area (Å²) in [5.41, 5.74) is 10.3. The van der Waals surface area contributed by atoms with Gasteiger partial charge >= 0.3 is 6.03 Å². The van der Waals surface area contributed by atoms with Gasteiger partial charge in [-0.1, -0.05) is 0 Å². The van der Waals surface area contributed by atoms with E-state index >= 15 is 0 Å². The molecule has 0 spiro atoms. The van der Waals surface area contributed by atoms with Crippen molar-refractivity contribution in [1.29, 1.82) is 0 Å². The molecule has 15 heavy (non-hydrogen) atoms. The van der Waals surface area contributed by atoms with E-state index < -0.39 is 18.0 Å². The van der Waals surface area contributed by atoms with Crippen molar-refractivity contribution in [2.75, 3.05) is 5.73 Å². The van der Waals surface area contributed by atoms with Crippen molar-refractivity contribution in [3.05, 3.63) is 10.7 Å². The number of nitrogen functional groups attached to an aromatic ring is 1. The smallest absolute Gasteiger partial charge is 0.318 e. The highest BCUT2D eigenvalue weighted by atomic mass is 79.9. The van der Waals surface area contributed by atoms with E-state index in [1.807, 2.05) is 5.32 Å². The van der Waals surface area contributed by atoms with Crippen LogP contribution in [0, 0.1) is 0 Å². The van der Waals surface area contributed by atoms with Crippen molar-refractivity contribution in [1.82, 2.24) is 15.1 Å². The SMILES string of the molecule is CC(C(=O)NC(N)=O)n1cc(Br)c(N)n1. The van der Waals surface area contributed by atoms with Crippen LogP contribution in [0.1, 0.15) is 13.0 Å². The monoisotopic (exact) mass is 275 g/mol. The minimum atomic E-state index is -0.897. The van der Waals surface area contributed by atoms with Crippen molar-refractivity contribution < 1.29 is 9.59 Å². The Balaban J connectivity index is 2.80. The molecule has 0 saturated carbocycles. The highest BCUT2D eigenvalue weighted by Gasteiger charge is 2.18. The molecule has 0 aliphatic carbocycles. The molecule has 0 aliphatic heterocycles. The van der Waals surface area contributed by atoms with Gasteiger partial charge in [0.2, 0.25) is 0 Å². The van der Waals surface area contributed by atoms with Crippen LogP contribution in [-0.2, 0) is 4.79 Å². The van der Waals surface area contributed by atoms with Crippen LogP contribution in [0.3, 0.4) is 0 Å². The fourth-order valence-electron chi connectivity index (χ4n) is 0.928. The Kier molecular flexibility index (Phi) is 3.30. The summed E-state index contributed by atoms with van der Waals surface area (Å²) in [6.45, 7) is 1.57. The van der Waals surface area contributed by atoms with Gasteiger partial charge < -0.3 is 11.5 Å². The van der Waals surface area contributed by atoms with E-state index in [-0.39, 0.29) is 5.82 Å². The number of carbonyl (C=O) groups excluding carboxylic acids is 2. The van der Waals surface area contributed by atoms with Crippen LogP contribution in [0.5, 0.6) is 0 Å². The van der Waals surface area contributed by atoms with Crippen LogP contribution in [0.15, 0.2) is 10.7 Å². The van der Waals surface area contributed by atoms with Crippen LogP contribution < -0.4 is 16.8 Å². The van der Waals surface area contributed by atoms with Crippen LogP contribution in [-0.4, -0.2) is 21.7 Å². The Hall–Kier alpha value is -1.57. The van der Waals surface area contributed by atoms with Gasteiger partial charge in [-0.25, -0.2) is 4.79 Å². The molecule has 1 heterocycles. The number of rotatable bonds is 2. The van der Waals surface area contributed by atoms with Crippen molar-refractivity contribution in [3.8, 4) is 0 Å². The minimum Gasteiger partial charge on any atom is -0.381 e. The summed E-state index contributed by atoms with van der Waals surface area (Å²) < 4.78 is 1.92. The maximum Gasteiger partial charge on any atom is 0.318 e. The number of carbonyl (C=O) groups is 2. The second-order valence-electron chi connectivity index (χ2n) is 2.87. The van der Waals surface area contributed by atoms with Crippen LogP contribution in [0.2, 0.25) is 0 Å². The topological polar surface area (TPSA) is 116 Å². The largest absolute Gasteiger partial charge is 0.381 e. The van der Waals surface area contributed by atoms with Gasteiger partial charge in [0.1, 0.15) is 6.04 Å². The summed E-state index contributed by atoms with van der Waals surface area (Å²) in [4.78, 5) is 21.8. The van der Waals surface area contributed by atoms with Crippen molar-refractivity contribution in [2.24, 2.45) is 5.73 Å². The van der Waals surface area contributed by atoms with Gasteiger partial charge in [0.05, 0.1) is 4.47 Å². The number of nitrogens with one attached hydrogen (secondary N) is 1. The van der Waals surface area contributed by atoms with E-state index in [0.717, 1.165) is 0 Å². The number of anilines is 1. The van der Waals surface area contributed by atoms with E-state index in [1.165, 1.54) is 4.68 Å². The first-order valence-corrected chi connectivity index (χ1v) is 4.81. The Morgan fingerprint density at radius 1 is 1.67 bits per heavy atom. The molecule has 7 nitrogen and oxygen atoms in total. The lowest BCUT2D eigenvalue weighted by molar-refractivity contribution is -0.122. The van der Waals surface area contributed by atoms with Crippen molar-refractivity contribution in [3.63, 3.8) is 0 Å². The molecular formula is C7H10BrN5O2. The third-order valence-corrected chi connectivity index (χ3v) is 2.35. The molecule has 1 atom stereocenters. The average Bonchev–Trinajstić information content (AvgIpc) is 2.44. The molecule has 1 unspecified atom stereocenters. The number of hydrogen-bond donors (Lipinski definition) is 3. The number of primary amides is 1. The first-order chi connectivity index (χ1) is 6.91. The van der Waals surface area contributed by atoms with Gasteiger partial charge in [0.15, 0.2) is 5.82 Å².